The fraction of sp³-hybridized carbons (Fsp3) is 0.176. The molecular weight excluding hydrogens is 204 g/mol. The first-order chi connectivity index (χ1) is 8.24. The van der Waals surface area contributed by atoms with Crippen molar-refractivity contribution in [3.8, 4) is 11.1 Å². The first-order valence-corrected chi connectivity index (χ1v) is 6.10. The summed E-state index contributed by atoms with van der Waals surface area (Å²) in [7, 11) is 0. The molecule has 0 bridgehead atoms. The highest BCUT2D eigenvalue weighted by atomic mass is 14.2. The number of rotatable bonds is 1. The van der Waals surface area contributed by atoms with Gasteiger partial charge in [-0.25, -0.2) is 0 Å². The predicted octanol–water partition coefficient (Wildman–Crippen LogP) is 4.62. The minimum Gasteiger partial charge on any atom is -0.0683 e. The van der Waals surface area contributed by atoms with Gasteiger partial charge in [0.25, 0.3) is 0 Å². The molecule has 0 unspecified atom stereocenters. The summed E-state index contributed by atoms with van der Waals surface area (Å²) in [5.74, 6) is 0. The van der Waals surface area contributed by atoms with Crippen molar-refractivity contribution in [2.75, 3.05) is 0 Å². The molecule has 0 aromatic heterocycles. The highest BCUT2D eigenvalue weighted by Gasteiger charge is 2.13. The van der Waals surface area contributed by atoms with Crippen LogP contribution in [0.1, 0.15) is 23.6 Å². The molecule has 0 saturated heterocycles. The molecule has 1 aliphatic rings. The zero-order valence-electron chi connectivity index (χ0n) is 10.3. The van der Waals surface area contributed by atoms with Crippen molar-refractivity contribution >= 4 is 6.08 Å². The van der Waals surface area contributed by atoms with E-state index in [0.29, 0.717) is 0 Å². The van der Waals surface area contributed by atoms with Crippen LogP contribution in [0.25, 0.3) is 17.2 Å². The van der Waals surface area contributed by atoms with Gasteiger partial charge in [-0.05, 0) is 54.2 Å². The zero-order chi connectivity index (χ0) is 11.8. The molecule has 17 heavy (non-hydrogen) atoms. The van der Waals surface area contributed by atoms with E-state index in [-0.39, 0.29) is 0 Å². The molecular formula is C17H16. The first kappa shape index (κ1) is 10.3. The number of allylic oxidation sites excluding steroid dienone is 1. The Morgan fingerprint density at radius 2 is 1.65 bits per heavy atom. The second kappa shape index (κ2) is 3.89. The van der Waals surface area contributed by atoms with Gasteiger partial charge in [-0.1, -0.05) is 48.0 Å². The van der Waals surface area contributed by atoms with Crippen molar-refractivity contribution in [1.82, 2.24) is 0 Å². The van der Waals surface area contributed by atoms with Crippen molar-refractivity contribution in [3.63, 3.8) is 0 Å². The van der Waals surface area contributed by atoms with Gasteiger partial charge in [-0.15, -0.1) is 0 Å². The Labute approximate surface area is 103 Å². The van der Waals surface area contributed by atoms with Crippen molar-refractivity contribution in [2.45, 2.75) is 20.3 Å². The van der Waals surface area contributed by atoms with E-state index in [1.807, 2.05) is 0 Å². The Kier molecular flexibility index (Phi) is 2.36. The molecule has 0 aliphatic heterocycles. The normalized spacial score (nSPS) is 13.4. The molecule has 0 heteroatoms. The van der Waals surface area contributed by atoms with Gasteiger partial charge in [-0.2, -0.15) is 0 Å². The molecule has 84 valence electrons. The van der Waals surface area contributed by atoms with Gasteiger partial charge in [0.15, 0.2) is 0 Å². The monoisotopic (exact) mass is 220 g/mol. The average Bonchev–Trinajstić information content (AvgIpc) is 2.71. The van der Waals surface area contributed by atoms with Crippen molar-refractivity contribution in [3.05, 3.63) is 64.7 Å². The Balaban J connectivity index is 2.15. The average molecular weight is 220 g/mol. The van der Waals surface area contributed by atoms with Gasteiger partial charge in [0, 0.05) is 0 Å². The summed E-state index contributed by atoms with van der Waals surface area (Å²) in [6.07, 6.45) is 3.44. The van der Waals surface area contributed by atoms with E-state index >= 15 is 0 Å². The maximum Gasteiger partial charge on any atom is -0.00580 e. The van der Waals surface area contributed by atoms with Crippen molar-refractivity contribution in [2.24, 2.45) is 0 Å². The summed E-state index contributed by atoms with van der Waals surface area (Å²) >= 11 is 0. The maximum atomic E-state index is 2.31. The lowest BCUT2D eigenvalue weighted by Crippen LogP contribution is -1.90. The van der Waals surface area contributed by atoms with E-state index in [1.165, 1.54) is 33.4 Å². The van der Waals surface area contributed by atoms with Crippen LogP contribution in [0.15, 0.2) is 48.0 Å². The SMILES string of the molecule is CC1=Cc2cc(-c3ccccc3)cc(C)c2C1. The van der Waals surface area contributed by atoms with Gasteiger partial charge >= 0.3 is 0 Å². The Morgan fingerprint density at radius 1 is 0.882 bits per heavy atom. The number of hydrogen-bond acceptors (Lipinski definition) is 0. The van der Waals surface area contributed by atoms with Crippen LogP contribution < -0.4 is 0 Å². The molecule has 0 atom stereocenters. The predicted molar refractivity (Wildman–Crippen MR) is 74.0 cm³/mol. The van der Waals surface area contributed by atoms with E-state index in [0.717, 1.165) is 6.42 Å². The first-order valence-electron chi connectivity index (χ1n) is 6.10. The minimum absolute atomic E-state index is 1.12. The van der Waals surface area contributed by atoms with Crippen LogP contribution in [0.5, 0.6) is 0 Å². The number of fused-ring (bicyclic) bond motifs is 1. The molecule has 3 rings (SSSR count). The van der Waals surface area contributed by atoms with Crippen LogP contribution in [-0.2, 0) is 6.42 Å². The van der Waals surface area contributed by atoms with Gasteiger partial charge in [0.05, 0.1) is 0 Å². The Morgan fingerprint density at radius 3 is 2.41 bits per heavy atom. The second-order valence-corrected chi connectivity index (χ2v) is 4.89. The van der Waals surface area contributed by atoms with Gasteiger partial charge in [0.2, 0.25) is 0 Å². The summed E-state index contributed by atoms with van der Waals surface area (Å²) < 4.78 is 0. The van der Waals surface area contributed by atoms with Crippen LogP contribution in [0, 0.1) is 6.92 Å². The standard InChI is InChI=1S/C17H16/c1-12-8-16-11-15(10-13(2)17(16)9-12)14-6-4-3-5-7-14/h3-8,10-11H,9H2,1-2H3. The van der Waals surface area contributed by atoms with Crippen LogP contribution in [0.3, 0.4) is 0 Å². The van der Waals surface area contributed by atoms with Gasteiger partial charge in [0.1, 0.15) is 0 Å². The minimum atomic E-state index is 1.12. The summed E-state index contributed by atoms with van der Waals surface area (Å²) in [5, 5.41) is 0. The third-order valence-electron chi connectivity index (χ3n) is 3.47. The molecule has 0 fully saturated rings. The van der Waals surface area contributed by atoms with Crippen LogP contribution in [0.4, 0.5) is 0 Å². The van der Waals surface area contributed by atoms with E-state index in [1.54, 1.807) is 0 Å². The summed E-state index contributed by atoms with van der Waals surface area (Å²) in [6, 6.07) is 15.2. The van der Waals surface area contributed by atoms with Crippen molar-refractivity contribution in [1.29, 1.82) is 0 Å². The quantitative estimate of drug-likeness (QED) is 0.657. The fourth-order valence-corrected chi connectivity index (χ4v) is 2.61. The van der Waals surface area contributed by atoms with Crippen LogP contribution in [-0.4, -0.2) is 0 Å². The lowest BCUT2D eigenvalue weighted by atomic mass is 9.96. The van der Waals surface area contributed by atoms with E-state index in [2.05, 4.69) is 62.4 Å². The fourth-order valence-electron chi connectivity index (χ4n) is 2.61. The maximum absolute atomic E-state index is 2.31. The van der Waals surface area contributed by atoms with E-state index in [9.17, 15) is 0 Å². The molecule has 0 amide bonds. The Hall–Kier alpha value is -1.82. The van der Waals surface area contributed by atoms with Crippen LogP contribution in [0.2, 0.25) is 0 Å². The highest BCUT2D eigenvalue weighted by molar-refractivity contribution is 5.74. The third-order valence-corrected chi connectivity index (χ3v) is 3.47. The molecule has 0 saturated carbocycles. The smallest absolute Gasteiger partial charge is 0.00580 e. The molecule has 0 spiro atoms. The lowest BCUT2D eigenvalue weighted by molar-refractivity contribution is 1.16. The Bertz CT molecular complexity index is 589. The highest BCUT2D eigenvalue weighted by Crippen LogP contribution is 2.32. The largest absolute Gasteiger partial charge is 0.0683 e. The topological polar surface area (TPSA) is 0 Å². The molecule has 0 heterocycles. The van der Waals surface area contributed by atoms with Crippen molar-refractivity contribution < 1.29 is 0 Å². The third kappa shape index (κ3) is 1.80. The molecule has 2 aromatic rings. The van der Waals surface area contributed by atoms with Gasteiger partial charge in [-0.3, -0.25) is 0 Å². The summed E-state index contributed by atoms with van der Waals surface area (Å²) in [6.45, 7) is 4.43. The van der Waals surface area contributed by atoms with E-state index < -0.39 is 0 Å². The number of benzene rings is 2. The molecule has 0 N–H and O–H groups in total. The number of hydrogen-bond donors (Lipinski definition) is 0. The summed E-state index contributed by atoms with van der Waals surface area (Å²) in [4.78, 5) is 0. The van der Waals surface area contributed by atoms with E-state index in [4.69, 9.17) is 0 Å². The zero-order valence-corrected chi connectivity index (χ0v) is 10.3. The molecule has 0 nitrogen and oxygen atoms in total. The van der Waals surface area contributed by atoms with Gasteiger partial charge < -0.3 is 0 Å². The second-order valence-electron chi connectivity index (χ2n) is 4.89. The lowest BCUT2D eigenvalue weighted by Gasteiger charge is -2.08. The molecule has 2 aromatic carbocycles. The van der Waals surface area contributed by atoms with Crippen LogP contribution >= 0.6 is 0 Å². The molecule has 0 radical (unpaired) electrons. The summed E-state index contributed by atoms with van der Waals surface area (Å²) in [5.41, 5.74) is 8.41. The number of aryl methyl sites for hydroxylation is 1. The molecule has 1 aliphatic carbocycles.